The van der Waals surface area contributed by atoms with E-state index in [9.17, 15) is 4.79 Å². The van der Waals surface area contributed by atoms with Gasteiger partial charge in [-0.15, -0.1) is 0 Å². The van der Waals surface area contributed by atoms with Gasteiger partial charge in [-0.1, -0.05) is 29.8 Å². The molecule has 0 atom stereocenters. The Morgan fingerprint density at radius 3 is 2.52 bits per heavy atom. The van der Waals surface area contributed by atoms with Crippen molar-refractivity contribution >= 4 is 28.9 Å². The van der Waals surface area contributed by atoms with Crippen LogP contribution in [-0.4, -0.2) is 12.5 Å². The Morgan fingerprint density at radius 1 is 1.10 bits per heavy atom. The molecule has 2 aromatic rings. The van der Waals surface area contributed by atoms with Crippen LogP contribution in [0.3, 0.4) is 0 Å². The van der Waals surface area contributed by atoms with Gasteiger partial charge in [0.2, 0.25) is 5.91 Å². The second-order valence-electron chi connectivity index (χ2n) is 5.21. The quantitative estimate of drug-likeness (QED) is 0.883. The molecule has 0 saturated heterocycles. The number of rotatable bonds is 4. The van der Waals surface area contributed by atoms with E-state index in [1.54, 1.807) is 0 Å². The number of halogens is 1. The highest BCUT2D eigenvalue weighted by molar-refractivity contribution is 6.33. The Balaban J connectivity index is 1.99. The summed E-state index contributed by atoms with van der Waals surface area (Å²) >= 11 is 6.21. The Kier molecular flexibility index (Phi) is 4.86. The van der Waals surface area contributed by atoms with Crippen molar-refractivity contribution in [3.8, 4) is 0 Å². The number of aryl methyl sites for hydroxylation is 3. The van der Waals surface area contributed by atoms with Gasteiger partial charge in [0.15, 0.2) is 0 Å². The zero-order chi connectivity index (χ0) is 15.4. The molecule has 0 fully saturated rings. The van der Waals surface area contributed by atoms with Crippen molar-refractivity contribution in [3.63, 3.8) is 0 Å². The zero-order valence-electron chi connectivity index (χ0n) is 12.5. The summed E-state index contributed by atoms with van der Waals surface area (Å²) in [4.78, 5) is 12.0. The minimum atomic E-state index is -0.100. The summed E-state index contributed by atoms with van der Waals surface area (Å²) in [7, 11) is 0. The molecule has 21 heavy (non-hydrogen) atoms. The van der Waals surface area contributed by atoms with E-state index in [0.717, 1.165) is 28.1 Å². The number of anilines is 2. The molecule has 2 rings (SSSR count). The first-order valence-corrected chi connectivity index (χ1v) is 7.20. The van der Waals surface area contributed by atoms with Gasteiger partial charge in [0.1, 0.15) is 0 Å². The summed E-state index contributed by atoms with van der Waals surface area (Å²) in [6, 6.07) is 11.6. The maximum Gasteiger partial charge on any atom is 0.243 e. The molecule has 0 heterocycles. The van der Waals surface area contributed by atoms with E-state index < -0.39 is 0 Å². The molecule has 0 aliphatic rings. The molecule has 0 aliphatic carbocycles. The number of nitrogens with one attached hydrogen (secondary N) is 2. The highest BCUT2D eigenvalue weighted by Gasteiger charge is 2.08. The molecular formula is C17H19ClN2O. The maximum atomic E-state index is 12.0. The van der Waals surface area contributed by atoms with E-state index in [0.29, 0.717) is 5.02 Å². The van der Waals surface area contributed by atoms with Crippen LogP contribution in [0.15, 0.2) is 36.4 Å². The first-order valence-electron chi connectivity index (χ1n) is 6.83. The molecule has 4 heteroatoms. The summed E-state index contributed by atoms with van der Waals surface area (Å²) in [6.45, 7) is 6.13. The Morgan fingerprint density at radius 2 is 1.86 bits per heavy atom. The number of amides is 1. The topological polar surface area (TPSA) is 41.1 Å². The van der Waals surface area contributed by atoms with E-state index in [2.05, 4.69) is 10.6 Å². The molecule has 1 amide bonds. The van der Waals surface area contributed by atoms with Crippen LogP contribution in [0, 0.1) is 20.8 Å². The van der Waals surface area contributed by atoms with Gasteiger partial charge >= 0.3 is 0 Å². The minimum Gasteiger partial charge on any atom is -0.375 e. The van der Waals surface area contributed by atoms with Crippen molar-refractivity contribution in [2.24, 2.45) is 0 Å². The van der Waals surface area contributed by atoms with Crippen LogP contribution in [0.5, 0.6) is 0 Å². The van der Waals surface area contributed by atoms with Crippen LogP contribution >= 0.6 is 11.6 Å². The van der Waals surface area contributed by atoms with Crippen molar-refractivity contribution in [3.05, 3.63) is 58.1 Å². The Labute approximate surface area is 130 Å². The Hall–Kier alpha value is -2.00. The number of carbonyl (C=O) groups is 1. The van der Waals surface area contributed by atoms with Gasteiger partial charge in [0.25, 0.3) is 0 Å². The Bertz CT molecular complexity index is 645. The van der Waals surface area contributed by atoms with Crippen molar-refractivity contribution < 1.29 is 4.79 Å². The second-order valence-corrected chi connectivity index (χ2v) is 5.62. The number of hydrogen-bond donors (Lipinski definition) is 2. The monoisotopic (exact) mass is 302 g/mol. The van der Waals surface area contributed by atoms with Gasteiger partial charge in [-0.2, -0.15) is 0 Å². The van der Waals surface area contributed by atoms with Crippen molar-refractivity contribution in [2.75, 3.05) is 17.2 Å². The molecular weight excluding hydrogens is 284 g/mol. The summed E-state index contributed by atoms with van der Waals surface area (Å²) < 4.78 is 0. The van der Waals surface area contributed by atoms with Crippen LogP contribution in [-0.2, 0) is 4.79 Å². The number of carbonyl (C=O) groups excluding carboxylic acids is 1. The fraction of sp³-hybridized carbons (Fsp3) is 0.235. The van der Waals surface area contributed by atoms with Gasteiger partial charge in [-0.3, -0.25) is 4.79 Å². The molecule has 0 radical (unpaired) electrons. The zero-order valence-corrected chi connectivity index (χ0v) is 13.2. The predicted molar refractivity (Wildman–Crippen MR) is 89.2 cm³/mol. The normalized spacial score (nSPS) is 10.3. The smallest absolute Gasteiger partial charge is 0.243 e. The fourth-order valence-electron chi connectivity index (χ4n) is 2.24. The molecule has 0 spiro atoms. The first kappa shape index (κ1) is 15.4. The molecule has 0 aliphatic heterocycles. The average Bonchev–Trinajstić information content (AvgIpc) is 2.37. The summed E-state index contributed by atoms with van der Waals surface area (Å²) in [5, 5.41) is 6.59. The van der Waals surface area contributed by atoms with Crippen LogP contribution < -0.4 is 10.6 Å². The third-order valence-corrected chi connectivity index (χ3v) is 3.46. The molecule has 0 aromatic heterocycles. The fourth-order valence-corrected chi connectivity index (χ4v) is 2.62. The average molecular weight is 303 g/mol. The highest BCUT2D eigenvalue weighted by Crippen LogP contribution is 2.27. The molecule has 110 valence electrons. The van der Waals surface area contributed by atoms with Crippen molar-refractivity contribution in [2.45, 2.75) is 20.8 Å². The summed E-state index contributed by atoms with van der Waals surface area (Å²) in [5.74, 6) is -0.100. The van der Waals surface area contributed by atoms with E-state index in [4.69, 9.17) is 11.6 Å². The third kappa shape index (κ3) is 4.23. The molecule has 0 bridgehead atoms. The molecule has 2 N–H and O–H groups in total. The van der Waals surface area contributed by atoms with E-state index >= 15 is 0 Å². The lowest BCUT2D eigenvalue weighted by atomic mass is 10.1. The summed E-state index contributed by atoms with van der Waals surface area (Å²) in [6.07, 6.45) is 0. The van der Waals surface area contributed by atoms with Gasteiger partial charge in [-0.05, 0) is 55.7 Å². The van der Waals surface area contributed by atoms with Crippen LogP contribution in [0.4, 0.5) is 11.4 Å². The van der Waals surface area contributed by atoms with Crippen LogP contribution in [0.25, 0.3) is 0 Å². The third-order valence-electron chi connectivity index (χ3n) is 3.16. The van der Waals surface area contributed by atoms with Gasteiger partial charge in [0.05, 0.1) is 17.3 Å². The first-order chi connectivity index (χ1) is 9.95. The minimum absolute atomic E-state index is 0.100. The second kappa shape index (κ2) is 6.64. The van der Waals surface area contributed by atoms with Crippen LogP contribution in [0.1, 0.15) is 16.7 Å². The largest absolute Gasteiger partial charge is 0.375 e. The lowest BCUT2D eigenvalue weighted by Crippen LogP contribution is -2.22. The van der Waals surface area contributed by atoms with E-state index in [1.165, 1.54) is 0 Å². The lowest BCUT2D eigenvalue weighted by molar-refractivity contribution is -0.114. The SMILES string of the molecule is Cc1cccc(NC(=O)CNc2c(C)cc(C)cc2Cl)c1. The number of benzene rings is 2. The lowest BCUT2D eigenvalue weighted by Gasteiger charge is -2.13. The van der Waals surface area contributed by atoms with Crippen molar-refractivity contribution in [1.82, 2.24) is 0 Å². The van der Waals surface area contributed by atoms with Gasteiger partial charge < -0.3 is 10.6 Å². The highest BCUT2D eigenvalue weighted by atomic mass is 35.5. The maximum absolute atomic E-state index is 12.0. The molecule has 0 saturated carbocycles. The van der Waals surface area contributed by atoms with Gasteiger partial charge in [-0.25, -0.2) is 0 Å². The number of hydrogen-bond acceptors (Lipinski definition) is 2. The van der Waals surface area contributed by atoms with E-state index in [1.807, 2.05) is 57.2 Å². The van der Waals surface area contributed by atoms with Crippen LogP contribution in [0.2, 0.25) is 5.02 Å². The summed E-state index contributed by atoms with van der Waals surface area (Å²) in [5.41, 5.74) is 4.85. The predicted octanol–water partition coefficient (Wildman–Crippen LogP) is 4.32. The molecule has 0 unspecified atom stereocenters. The molecule has 2 aromatic carbocycles. The molecule has 3 nitrogen and oxygen atoms in total. The standard InChI is InChI=1S/C17H19ClN2O/c1-11-5-4-6-14(8-11)20-16(21)10-19-17-13(3)7-12(2)9-15(17)18/h4-9,19H,10H2,1-3H3,(H,20,21). The van der Waals surface area contributed by atoms with E-state index in [-0.39, 0.29) is 12.5 Å². The van der Waals surface area contributed by atoms with Crippen molar-refractivity contribution in [1.29, 1.82) is 0 Å². The van der Waals surface area contributed by atoms with Gasteiger partial charge in [0, 0.05) is 5.69 Å².